The largest absolute Gasteiger partial charge is 2.00 e. The van der Waals surface area contributed by atoms with E-state index in [0.717, 1.165) is 0 Å². The van der Waals surface area contributed by atoms with Crippen LogP contribution < -0.4 is 5.73 Å². The molecule has 0 aromatic rings. The topological polar surface area (TPSA) is 49.8 Å². The van der Waals surface area contributed by atoms with Gasteiger partial charge in [-0.2, -0.15) is 5.26 Å². The Hall–Kier alpha value is 1.17. The fourth-order valence-corrected chi connectivity index (χ4v) is 0. The van der Waals surface area contributed by atoms with Crippen LogP contribution in [0.25, 0.3) is 0 Å². The zero-order valence-electron chi connectivity index (χ0n) is 4.94. The number of nitrogens with two attached hydrogens (primary N) is 1. The van der Waals surface area contributed by atoms with Crippen LogP contribution in [0.1, 0.15) is 2.85 Å². The number of hydrogen-bond donors (Lipinski definition) is 1. The number of nitrogens with zero attached hydrogens (tertiary/aromatic N) is 1. The smallest absolute Gasteiger partial charge is 1.00 e. The van der Waals surface area contributed by atoms with Crippen molar-refractivity contribution in [2.75, 3.05) is 0 Å². The predicted octanol–water partition coefficient (Wildman–Crippen LogP) is -0.732. The van der Waals surface area contributed by atoms with Gasteiger partial charge in [-0.1, -0.05) is 0 Å². The molecule has 0 aliphatic carbocycles. The Morgan fingerprint density at radius 1 is 1.80 bits per heavy atom. The van der Waals surface area contributed by atoms with Crippen LogP contribution >= 0.6 is 0 Å². The van der Waals surface area contributed by atoms with E-state index >= 15 is 0 Å². The molecule has 0 atom stereocenters. The van der Waals surface area contributed by atoms with Gasteiger partial charge in [-0.15, -0.1) is 0 Å². The third kappa shape index (κ3) is 37.8. The Morgan fingerprint density at radius 3 is 1.80 bits per heavy atom. The summed E-state index contributed by atoms with van der Waals surface area (Å²) < 4.78 is 0. The van der Waals surface area contributed by atoms with Crippen molar-refractivity contribution in [1.29, 1.82) is 5.26 Å². The molecule has 0 unspecified atom stereocenters. The van der Waals surface area contributed by atoms with Crippen molar-refractivity contribution in [3.05, 3.63) is 0 Å². The summed E-state index contributed by atoms with van der Waals surface area (Å²) in [6, 6.07) is 0. The molecule has 0 radical (unpaired) electrons. The van der Waals surface area contributed by atoms with Crippen LogP contribution in [0, 0.1) is 11.5 Å². The first-order valence-electron chi connectivity index (χ1n) is 0.512. The molecule has 0 saturated heterocycles. The van der Waals surface area contributed by atoms with Gasteiger partial charge in [0.05, 0.1) is 0 Å². The van der Waals surface area contributed by atoms with Gasteiger partial charge in [0, 0.05) is 19.5 Å². The van der Waals surface area contributed by atoms with E-state index in [9.17, 15) is 0 Å². The average Bonchev–Trinajstić information content (AvgIpc) is 0.918. The van der Waals surface area contributed by atoms with E-state index in [4.69, 9.17) is 5.26 Å². The van der Waals surface area contributed by atoms with Gasteiger partial charge in [-0.3, -0.25) is 0 Å². The van der Waals surface area contributed by atoms with E-state index in [1.807, 2.05) is 0 Å². The minimum absolute atomic E-state index is 0. The minimum Gasteiger partial charge on any atom is -1.00 e. The molecular weight excluding hydrogens is 145 g/mol. The maximum atomic E-state index is 7.10. The summed E-state index contributed by atoms with van der Waals surface area (Å²) in [6.45, 7) is 0. The molecule has 5 heavy (non-hydrogen) atoms. The monoisotopic (exact) mass is 148 g/mol. The summed E-state index contributed by atoms with van der Waals surface area (Å²) in [6.07, 6.45) is 1.25. The van der Waals surface area contributed by atoms with Crippen LogP contribution in [0.3, 0.4) is 0 Å². The minimum atomic E-state index is 0. The van der Waals surface area contributed by atoms with E-state index in [1.165, 1.54) is 6.19 Å². The van der Waals surface area contributed by atoms with Crippen molar-refractivity contribution < 1.29 is 22.3 Å². The second kappa shape index (κ2) is 19.1. The normalized spacial score (nSPS) is 1.40. The maximum Gasteiger partial charge on any atom is 2.00 e. The first-order valence-corrected chi connectivity index (χ1v) is 0.512. The van der Waals surface area contributed by atoms with E-state index in [-0.39, 0.29) is 60.1 Å². The van der Waals surface area contributed by atoms with E-state index in [1.54, 1.807) is 0 Å². The second-order valence-electron chi connectivity index (χ2n) is 0.129. The van der Waals surface area contributed by atoms with Gasteiger partial charge >= 0.3 is 37.7 Å². The second-order valence-corrected chi connectivity index (χ2v) is 0.129. The zero-order chi connectivity index (χ0) is 2.71. The number of nitriles is 1. The zero-order valence-corrected chi connectivity index (χ0v) is 8.11. The van der Waals surface area contributed by atoms with Crippen molar-refractivity contribution in [2.24, 2.45) is 5.73 Å². The Morgan fingerprint density at radius 2 is 1.80 bits per heavy atom. The SMILES string of the molecule is N#CN.[Ca+2].[H-].[H-].[Zn]. The molecule has 0 bridgehead atoms. The molecule has 0 aliphatic heterocycles. The first-order chi connectivity index (χ1) is 1.41. The molecular formula is CH4CaN2Zn. The van der Waals surface area contributed by atoms with E-state index in [0.29, 0.717) is 0 Å². The fraction of sp³-hybridized carbons (Fsp3) is 0. The van der Waals surface area contributed by atoms with Gasteiger partial charge in [-0.25, -0.2) is 0 Å². The maximum absolute atomic E-state index is 7.10. The van der Waals surface area contributed by atoms with Gasteiger partial charge in [0.1, 0.15) is 0 Å². The molecule has 0 heterocycles. The van der Waals surface area contributed by atoms with Gasteiger partial charge in [0.15, 0.2) is 6.19 Å². The van der Waals surface area contributed by atoms with Crippen LogP contribution in [0.15, 0.2) is 0 Å². The molecule has 0 spiro atoms. The van der Waals surface area contributed by atoms with Gasteiger partial charge in [0.25, 0.3) is 0 Å². The number of rotatable bonds is 0. The van der Waals surface area contributed by atoms with Crippen molar-refractivity contribution >= 4 is 37.7 Å². The summed E-state index contributed by atoms with van der Waals surface area (Å²) in [5, 5.41) is 7.10. The Kier molecular flexibility index (Phi) is 62.6. The van der Waals surface area contributed by atoms with Crippen LogP contribution in [0.5, 0.6) is 0 Å². The van der Waals surface area contributed by atoms with Crippen molar-refractivity contribution in [2.45, 2.75) is 0 Å². The third-order valence-electron chi connectivity index (χ3n) is 0. The fourth-order valence-electron chi connectivity index (χ4n) is 0. The average molecular weight is 150 g/mol. The first kappa shape index (κ1) is 16.4. The predicted molar refractivity (Wildman–Crippen MR) is 17.8 cm³/mol. The molecule has 2 nitrogen and oxygen atoms in total. The van der Waals surface area contributed by atoms with Crippen molar-refractivity contribution in [1.82, 2.24) is 0 Å². The Balaban J connectivity index is -0.00000000333. The summed E-state index contributed by atoms with van der Waals surface area (Å²) in [5.74, 6) is 0. The van der Waals surface area contributed by atoms with Crippen LogP contribution in [-0.2, 0) is 19.5 Å². The molecule has 0 aromatic heterocycles. The summed E-state index contributed by atoms with van der Waals surface area (Å²) in [7, 11) is 0. The summed E-state index contributed by atoms with van der Waals surface area (Å²) in [5.41, 5.74) is 4.15. The molecule has 0 fully saturated rings. The van der Waals surface area contributed by atoms with Gasteiger partial charge < -0.3 is 8.59 Å². The van der Waals surface area contributed by atoms with Crippen LogP contribution in [0.4, 0.5) is 0 Å². The third-order valence-corrected chi connectivity index (χ3v) is 0. The Labute approximate surface area is 76.4 Å². The molecule has 0 rings (SSSR count). The standard InChI is InChI=1S/CH2N2.Ca.Zn.2H/c2-1-3;;;;/h2H2;;;;/q;+2;;2*-1. The molecule has 22 valence electrons. The van der Waals surface area contributed by atoms with Crippen LogP contribution in [-0.4, -0.2) is 37.7 Å². The van der Waals surface area contributed by atoms with Crippen molar-refractivity contribution in [3.8, 4) is 6.19 Å². The van der Waals surface area contributed by atoms with Gasteiger partial charge in [0.2, 0.25) is 0 Å². The summed E-state index contributed by atoms with van der Waals surface area (Å²) in [4.78, 5) is 0. The molecule has 0 saturated carbocycles. The van der Waals surface area contributed by atoms with E-state index < -0.39 is 0 Å². The van der Waals surface area contributed by atoms with Crippen LogP contribution in [0.2, 0.25) is 0 Å². The molecule has 0 aromatic carbocycles. The number of hydrogen-bond acceptors (Lipinski definition) is 2. The molecule has 4 heteroatoms. The Bertz CT molecular complexity index is 37.2. The molecule has 0 amide bonds. The molecule has 0 aliphatic rings. The van der Waals surface area contributed by atoms with Gasteiger partial charge in [-0.05, 0) is 0 Å². The van der Waals surface area contributed by atoms with E-state index in [2.05, 4.69) is 5.73 Å². The quantitative estimate of drug-likeness (QED) is 0.280. The molecule has 2 N–H and O–H groups in total. The summed E-state index contributed by atoms with van der Waals surface area (Å²) >= 11 is 0. The van der Waals surface area contributed by atoms with Crippen molar-refractivity contribution in [3.63, 3.8) is 0 Å².